The molecule has 0 amide bonds. The highest BCUT2D eigenvalue weighted by Crippen LogP contribution is 2.14. The summed E-state index contributed by atoms with van der Waals surface area (Å²) in [7, 11) is 1.43. The predicted molar refractivity (Wildman–Crippen MR) is 49.4 cm³/mol. The van der Waals surface area contributed by atoms with Crippen LogP contribution in [0.25, 0.3) is 0 Å². The molecule has 0 unspecified atom stereocenters. The van der Waals surface area contributed by atoms with Gasteiger partial charge in [-0.05, 0) is 0 Å². The fraction of sp³-hybridized carbons (Fsp3) is 0.143. The Hall–Kier alpha value is -1.49. The van der Waals surface area contributed by atoms with Crippen LogP contribution in [0.1, 0.15) is 10.5 Å². The van der Waals surface area contributed by atoms with Gasteiger partial charge in [-0.1, -0.05) is 0 Å². The lowest BCUT2D eigenvalue weighted by Gasteiger charge is -2.01. The number of rotatable bonds is 2. The summed E-state index contributed by atoms with van der Waals surface area (Å²) < 4.78 is 4.80. The van der Waals surface area contributed by atoms with Crippen LogP contribution in [-0.2, 0) is 0 Å². The number of aromatic nitrogens is 1. The summed E-state index contributed by atoms with van der Waals surface area (Å²) in [4.78, 5) is 14.0. The number of methoxy groups -OCH3 is 1. The van der Waals surface area contributed by atoms with Crippen LogP contribution in [0, 0.1) is 0 Å². The molecule has 0 spiro atoms. The second-order valence-corrected chi connectivity index (χ2v) is 2.12. The van der Waals surface area contributed by atoms with E-state index in [1.807, 2.05) is 0 Å². The second-order valence-electron chi connectivity index (χ2n) is 2.12. The Labute approximate surface area is 80.9 Å². The lowest BCUT2D eigenvalue weighted by Crippen LogP contribution is -2.03. The fourth-order valence-corrected chi connectivity index (χ4v) is 0.753. The van der Waals surface area contributed by atoms with Crippen molar-refractivity contribution in [3.8, 4) is 5.75 Å². The molecule has 0 aliphatic heterocycles. The summed E-state index contributed by atoms with van der Waals surface area (Å²) in [5.74, 6) is -0.604. The van der Waals surface area contributed by atoms with Crippen molar-refractivity contribution in [2.75, 3.05) is 12.8 Å². The van der Waals surface area contributed by atoms with Crippen LogP contribution >= 0.6 is 12.4 Å². The highest BCUT2D eigenvalue weighted by atomic mass is 35.5. The van der Waals surface area contributed by atoms with Gasteiger partial charge in [0.05, 0.1) is 7.11 Å². The Morgan fingerprint density at radius 1 is 1.62 bits per heavy atom. The zero-order chi connectivity index (χ0) is 9.14. The smallest absolute Gasteiger partial charge is 0.354 e. The quantitative estimate of drug-likeness (QED) is 0.744. The third-order valence-corrected chi connectivity index (χ3v) is 1.27. The molecule has 1 aromatic rings. The molecular formula is C7H9ClN2O3. The molecule has 1 aromatic heterocycles. The molecule has 0 aliphatic rings. The zero-order valence-corrected chi connectivity index (χ0v) is 7.67. The van der Waals surface area contributed by atoms with Crippen molar-refractivity contribution in [1.29, 1.82) is 0 Å². The van der Waals surface area contributed by atoms with Crippen LogP contribution in [0.4, 0.5) is 5.82 Å². The van der Waals surface area contributed by atoms with Gasteiger partial charge >= 0.3 is 5.97 Å². The van der Waals surface area contributed by atoms with Gasteiger partial charge in [0.15, 0.2) is 5.69 Å². The standard InChI is InChI=1S/C7H8N2O3.ClH/c1-12-4-2-5(7(10)11)9-6(8)3-4;/h2-3H,1H3,(H2,8,9)(H,10,11);1H. The SMILES string of the molecule is COc1cc(N)nc(C(=O)O)c1.Cl. The maximum atomic E-state index is 10.4. The summed E-state index contributed by atoms with van der Waals surface area (Å²) in [6.45, 7) is 0. The highest BCUT2D eigenvalue weighted by Gasteiger charge is 2.06. The van der Waals surface area contributed by atoms with E-state index in [0.717, 1.165) is 0 Å². The van der Waals surface area contributed by atoms with Gasteiger partial charge in [0, 0.05) is 12.1 Å². The molecule has 0 saturated carbocycles. The van der Waals surface area contributed by atoms with Gasteiger partial charge in [-0.25, -0.2) is 9.78 Å². The number of hydrogen-bond acceptors (Lipinski definition) is 4. The third-order valence-electron chi connectivity index (χ3n) is 1.27. The molecule has 0 fully saturated rings. The molecule has 0 atom stereocenters. The van der Waals surface area contributed by atoms with Crippen LogP contribution in [0.3, 0.4) is 0 Å². The molecule has 0 bridgehead atoms. The Morgan fingerprint density at radius 2 is 2.23 bits per heavy atom. The zero-order valence-electron chi connectivity index (χ0n) is 6.85. The van der Waals surface area contributed by atoms with Gasteiger partial charge in [-0.2, -0.15) is 0 Å². The van der Waals surface area contributed by atoms with Crippen molar-refractivity contribution >= 4 is 24.2 Å². The van der Waals surface area contributed by atoms with Gasteiger partial charge in [0.1, 0.15) is 11.6 Å². The summed E-state index contributed by atoms with van der Waals surface area (Å²) in [5.41, 5.74) is 5.20. The Balaban J connectivity index is 0.00000144. The number of hydrogen-bond donors (Lipinski definition) is 2. The van der Waals surface area contributed by atoms with Crippen molar-refractivity contribution in [2.24, 2.45) is 0 Å². The first-order valence-corrected chi connectivity index (χ1v) is 3.18. The van der Waals surface area contributed by atoms with Crippen molar-refractivity contribution in [3.05, 3.63) is 17.8 Å². The second kappa shape index (κ2) is 4.51. The molecular weight excluding hydrogens is 196 g/mol. The van der Waals surface area contributed by atoms with Crippen LogP contribution in [0.15, 0.2) is 12.1 Å². The number of pyridine rings is 1. The Morgan fingerprint density at radius 3 is 2.69 bits per heavy atom. The molecule has 0 aromatic carbocycles. The van der Waals surface area contributed by atoms with E-state index < -0.39 is 5.97 Å². The van der Waals surface area contributed by atoms with Crippen LogP contribution in [-0.4, -0.2) is 23.2 Å². The van der Waals surface area contributed by atoms with E-state index in [0.29, 0.717) is 5.75 Å². The Kier molecular flexibility index (Phi) is 4.00. The predicted octanol–water partition coefficient (Wildman–Crippen LogP) is 0.792. The van der Waals surface area contributed by atoms with Crippen molar-refractivity contribution in [3.63, 3.8) is 0 Å². The first kappa shape index (κ1) is 11.5. The van der Waals surface area contributed by atoms with Gasteiger partial charge < -0.3 is 15.6 Å². The minimum atomic E-state index is -1.12. The highest BCUT2D eigenvalue weighted by molar-refractivity contribution is 5.86. The molecule has 3 N–H and O–H groups in total. The van der Waals surface area contributed by atoms with E-state index in [4.69, 9.17) is 15.6 Å². The lowest BCUT2D eigenvalue weighted by atomic mass is 10.3. The maximum Gasteiger partial charge on any atom is 0.354 e. The monoisotopic (exact) mass is 204 g/mol. The summed E-state index contributed by atoms with van der Waals surface area (Å²) in [6, 6.07) is 2.76. The largest absolute Gasteiger partial charge is 0.497 e. The summed E-state index contributed by atoms with van der Waals surface area (Å²) >= 11 is 0. The van der Waals surface area contributed by atoms with E-state index in [9.17, 15) is 4.79 Å². The van der Waals surface area contributed by atoms with Crippen molar-refractivity contribution < 1.29 is 14.6 Å². The number of nitrogens with two attached hydrogens (primary N) is 1. The maximum absolute atomic E-state index is 10.4. The number of anilines is 1. The topological polar surface area (TPSA) is 85.4 Å². The van der Waals surface area contributed by atoms with Gasteiger partial charge in [-0.15, -0.1) is 12.4 Å². The van der Waals surface area contributed by atoms with E-state index in [1.165, 1.54) is 19.2 Å². The number of aromatic carboxylic acids is 1. The lowest BCUT2D eigenvalue weighted by molar-refractivity contribution is 0.0690. The molecule has 6 heteroatoms. The van der Waals surface area contributed by atoms with E-state index in [2.05, 4.69) is 4.98 Å². The molecule has 1 rings (SSSR count). The molecule has 0 radical (unpaired) electrons. The fourth-order valence-electron chi connectivity index (χ4n) is 0.753. The molecule has 5 nitrogen and oxygen atoms in total. The molecule has 1 heterocycles. The van der Waals surface area contributed by atoms with E-state index in [1.54, 1.807) is 0 Å². The first-order chi connectivity index (χ1) is 5.63. The average molecular weight is 205 g/mol. The minimum Gasteiger partial charge on any atom is -0.497 e. The molecule has 13 heavy (non-hydrogen) atoms. The number of carboxylic acids is 1. The van der Waals surface area contributed by atoms with E-state index >= 15 is 0 Å². The number of carbonyl (C=O) groups is 1. The number of ether oxygens (including phenoxy) is 1. The number of nitrogens with zero attached hydrogens (tertiary/aromatic N) is 1. The number of nitrogen functional groups attached to an aromatic ring is 1. The molecule has 72 valence electrons. The van der Waals surface area contributed by atoms with Crippen LogP contribution in [0.5, 0.6) is 5.75 Å². The van der Waals surface area contributed by atoms with Gasteiger partial charge in [0.2, 0.25) is 0 Å². The van der Waals surface area contributed by atoms with Crippen LogP contribution in [0.2, 0.25) is 0 Å². The van der Waals surface area contributed by atoms with Gasteiger partial charge in [-0.3, -0.25) is 0 Å². The first-order valence-electron chi connectivity index (χ1n) is 3.18. The third kappa shape index (κ3) is 2.79. The number of carboxylic acid groups (broad SMARTS) is 1. The Bertz CT molecular complexity index is 317. The van der Waals surface area contributed by atoms with Crippen molar-refractivity contribution in [2.45, 2.75) is 0 Å². The average Bonchev–Trinajstić information content (AvgIpc) is 2.03. The minimum absolute atomic E-state index is 0. The van der Waals surface area contributed by atoms with E-state index in [-0.39, 0.29) is 23.9 Å². The normalized spacial score (nSPS) is 8.69. The van der Waals surface area contributed by atoms with Crippen LogP contribution < -0.4 is 10.5 Å². The molecule has 0 saturated heterocycles. The summed E-state index contributed by atoms with van der Waals surface area (Å²) in [5, 5.41) is 8.56. The van der Waals surface area contributed by atoms with Crippen molar-refractivity contribution in [1.82, 2.24) is 4.98 Å². The number of halogens is 1. The van der Waals surface area contributed by atoms with Gasteiger partial charge in [0.25, 0.3) is 0 Å². The summed E-state index contributed by atoms with van der Waals surface area (Å²) in [6.07, 6.45) is 0. The molecule has 0 aliphatic carbocycles.